The zero-order chi connectivity index (χ0) is 8.55. The Bertz CT molecular complexity index is 406. The lowest BCUT2D eigenvalue weighted by Gasteiger charge is -1.95. The molecule has 0 fully saturated rings. The molecule has 0 N–H and O–H groups in total. The average Bonchev–Trinajstić information content (AvgIpc) is 2.46. The van der Waals surface area contributed by atoms with Gasteiger partial charge in [0, 0.05) is 9.77 Å². The fourth-order valence-corrected chi connectivity index (χ4v) is 1.73. The van der Waals surface area contributed by atoms with Gasteiger partial charge in [-0.3, -0.25) is 0 Å². The Morgan fingerprint density at radius 3 is 3.08 bits per heavy atom. The number of halogens is 1. The van der Waals surface area contributed by atoms with Crippen molar-refractivity contribution >= 4 is 28.1 Å². The van der Waals surface area contributed by atoms with Crippen LogP contribution >= 0.6 is 22.6 Å². The van der Waals surface area contributed by atoms with Crippen molar-refractivity contribution in [3.8, 4) is 0 Å². The third-order valence-corrected chi connectivity index (χ3v) is 2.58. The highest BCUT2D eigenvalue weighted by Gasteiger charge is 2.00. The first-order valence-electron chi connectivity index (χ1n) is 3.93. The van der Waals surface area contributed by atoms with Crippen molar-refractivity contribution in [2.75, 3.05) is 0 Å². The number of rotatable bonds is 1. The summed E-state index contributed by atoms with van der Waals surface area (Å²) in [6.07, 6.45) is 5.02. The summed E-state index contributed by atoms with van der Waals surface area (Å²) in [6, 6.07) is 4.23. The first-order chi connectivity index (χ1) is 5.81. The number of hydrogen-bond acceptors (Lipinski definition) is 1. The number of aromatic nitrogens is 2. The second-order valence-electron chi connectivity index (χ2n) is 2.70. The summed E-state index contributed by atoms with van der Waals surface area (Å²) in [6.45, 7) is 2.15. The second-order valence-corrected chi connectivity index (χ2v) is 3.95. The van der Waals surface area contributed by atoms with E-state index in [1.807, 2.05) is 16.9 Å². The molecule has 2 rings (SSSR count). The average molecular weight is 272 g/mol. The van der Waals surface area contributed by atoms with E-state index in [1.165, 1.54) is 14.7 Å². The lowest BCUT2D eigenvalue weighted by molar-refractivity contribution is 0.956. The Hall–Kier alpha value is -0.580. The van der Waals surface area contributed by atoms with Crippen LogP contribution < -0.4 is 0 Å². The molecule has 2 aromatic heterocycles. The lowest BCUT2D eigenvalue weighted by atomic mass is 10.2. The molecule has 2 nitrogen and oxygen atoms in total. The molecule has 0 unspecified atom stereocenters. The minimum atomic E-state index is 1.05. The standard InChI is InChI=1S/C9H9IN2/c1-2-7-5-11-12-6-8(10)3-4-9(7)12/h3-6H,2H2,1H3. The zero-order valence-corrected chi connectivity index (χ0v) is 8.95. The minimum absolute atomic E-state index is 1.05. The quantitative estimate of drug-likeness (QED) is 0.729. The molecule has 0 aromatic carbocycles. The smallest absolute Gasteiger partial charge is 0.0694 e. The summed E-state index contributed by atoms with van der Waals surface area (Å²) in [4.78, 5) is 0. The van der Waals surface area contributed by atoms with Crippen LogP contribution in [0.3, 0.4) is 0 Å². The Morgan fingerprint density at radius 1 is 1.50 bits per heavy atom. The van der Waals surface area contributed by atoms with E-state index in [4.69, 9.17) is 0 Å². The van der Waals surface area contributed by atoms with E-state index >= 15 is 0 Å². The van der Waals surface area contributed by atoms with Crippen LogP contribution in [-0.4, -0.2) is 9.61 Å². The van der Waals surface area contributed by atoms with E-state index in [0.29, 0.717) is 0 Å². The molecule has 0 bridgehead atoms. The molecule has 62 valence electrons. The summed E-state index contributed by atoms with van der Waals surface area (Å²) in [5.41, 5.74) is 2.53. The molecule has 0 saturated heterocycles. The molecule has 0 atom stereocenters. The minimum Gasteiger partial charge on any atom is -0.240 e. The highest BCUT2D eigenvalue weighted by atomic mass is 127. The molecule has 0 saturated carbocycles. The fraction of sp³-hybridized carbons (Fsp3) is 0.222. The van der Waals surface area contributed by atoms with Crippen LogP contribution in [0.1, 0.15) is 12.5 Å². The summed E-state index contributed by atoms with van der Waals surface area (Å²) in [5, 5.41) is 4.26. The molecule has 12 heavy (non-hydrogen) atoms. The highest BCUT2D eigenvalue weighted by molar-refractivity contribution is 14.1. The maximum atomic E-state index is 4.26. The lowest BCUT2D eigenvalue weighted by Crippen LogP contribution is -1.87. The molecule has 0 amide bonds. The predicted octanol–water partition coefficient (Wildman–Crippen LogP) is 2.50. The van der Waals surface area contributed by atoms with Gasteiger partial charge < -0.3 is 0 Å². The molecule has 0 radical (unpaired) electrons. The normalized spacial score (nSPS) is 10.8. The van der Waals surface area contributed by atoms with Crippen molar-refractivity contribution in [3.63, 3.8) is 0 Å². The molecule has 0 aliphatic heterocycles. The third-order valence-electron chi connectivity index (χ3n) is 1.94. The number of hydrogen-bond donors (Lipinski definition) is 0. The zero-order valence-electron chi connectivity index (χ0n) is 6.79. The monoisotopic (exact) mass is 272 g/mol. The Morgan fingerprint density at radius 2 is 2.33 bits per heavy atom. The Kier molecular flexibility index (Phi) is 2.04. The molecule has 2 aromatic rings. The molecule has 0 aliphatic rings. The molecule has 0 aliphatic carbocycles. The summed E-state index contributed by atoms with van der Waals surface area (Å²) in [7, 11) is 0. The fourth-order valence-electron chi connectivity index (χ4n) is 1.28. The van der Waals surface area contributed by atoms with E-state index < -0.39 is 0 Å². The van der Waals surface area contributed by atoms with Gasteiger partial charge in [0.25, 0.3) is 0 Å². The Balaban J connectivity index is 2.73. The molecular weight excluding hydrogens is 263 g/mol. The van der Waals surface area contributed by atoms with Gasteiger partial charge in [-0.05, 0) is 46.7 Å². The van der Waals surface area contributed by atoms with E-state index in [9.17, 15) is 0 Å². The van der Waals surface area contributed by atoms with Crippen molar-refractivity contribution in [3.05, 3.63) is 33.7 Å². The van der Waals surface area contributed by atoms with Gasteiger partial charge in [-0.15, -0.1) is 0 Å². The number of fused-ring (bicyclic) bond motifs is 1. The van der Waals surface area contributed by atoms with Crippen LogP contribution in [-0.2, 0) is 6.42 Å². The summed E-state index contributed by atoms with van der Waals surface area (Å²) >= 11 is 2.29. The number of nitrogens with zero attached hydrogens (tertiary/aromatic N) is 2. The SMILES string of the molecule is CCc1cnn2cc(I)ccc12. The van der Waals surface area contributed by atoms with E-state index in [1.54, 1.807) is 0 Å². The van der Waals surface area contributed by atoms with Crippen LogP contribution in [0, 0.1) is 3.57 Å². The van der Waals surface area contributed by atoms with Gasteiger partial charge in [0.1, 0.15) is 0 Å². The van der Waals surface area contributed by atoms with E-state index in [0.717, 1.165) is 6.42 Å². The van der Waals surface area contributed by atoms with Crippen LogP contribution in [0.15, 0.2) is 24.5 Å². The van der Waals surface area contributed by atoms with E-state index in [-0.39, 0.29) is 0 Å². The third kappa shape index (κ3) is 1.22. The van der Waals surface area contributed by atoms with Crippen molar-refractivity contribution < 1.29 is 0 Å². The van der Waals surface area contributed by atoms with Crippen LogP contribution in [0.25, 0.3) is 5.52 Å². The molecule has 2 heterocycles. The van der Waals surface area contributed by atoms with Gasteiger partial charge in [-0.2, -0.15) is 5.10 Å². The predicted molar refractivity (Wildman–Crippen MR) is 57.3 cm³/mol. The molecule has 3 heteroatoms. The topological polar surface area (TPSA) is 17.3 Å². The van der Waals surface area contributed by atoms with Crippen molar-refractivity contribution in [2.24, 2.45) is 0 Å². The van der Waals surface area contributed by atoms with Crippen molar-refractivity contribution in [2.45, 2.75) is 13.3 Å². The van der Waals surface area contributed by atoms with Gasteiger partial charge >= 0.3 is 0 Å². The first kappa shape index (κ1) is 8.04. The number of pyridine rings is 1. The van der Waals surface area contributed by atoms with Crippen LogP contribution in [0.4, 0.5) is 0 Å². The first-order valence-corrected chi connectivity index (χ1v) is 5.01. The molecule has 0 spiro atoms. The highest BCUT2D eigenvalue weighted by Crippen LogP contribution is 2.13. The van der Waals surface area contributed by atoms with Gasteiger partial charge in [0.2, 0.25) is 0 Å². The maximum Gasteiger partial charge on any atom is 0.0694 e. The summed E-state index contributed by atoms with van der Waals surface area (Å²) in [5.74, 6) is 0. The molecular formula is C9H9IN2. The van der Waals surface area contributed by atoms with Crippen molar-refractivity contribution in [1.29, 1.82) is 0 Å². The van der Waals surface area contributed by atoms with Crippen molar-refractivity contribution in [1.82, 2.24) is 9.61 Å². The summed E-state index contributed by atoms with van der Waals surface area (Å²) < 4.78 is 3.14. The van der Waals surface area contributed by atoms with E-state index in [2.05, 4.69) is 46.7 Å². The van der Waals surface area contributed by atoms with Crippen LogP contribution in [0.5, 0.6) is 0 Å². The van der Waals surface area contributed by atoms with Gasteiger partial charge in [-0.25, -0.2) is 4.52 Å². The number of aryl methyl sites for hydroxylation is 1. The van der Waals surface area contributed by atoms with Gasteiger partial charge in [0.05, 0.1) is 11.7 Å². The second kappa shape index (κ2) is 3.05. The van der Waals surface area contributed by atoms with Gasteiger partial charge in [-0.1, -0.05) is 6.92 Å². The van der Waals surface area contributed by atoms with Crippen LogP contribution in [0.2, 0.25) is 0 Å². The maximum absolute atomic E-state index is 4.26. The Labute approximate surface area is 84.7 Å². The largest absolute Gasteiger partial charge is 0.240 e. The van der Waals surface area contributed by atoms with Gasteiger partial charge in [0.15, 0.2) is 0 Å².